The predicted molar refractivity (Wildman–Crippen MR) is 68.7 cm³/mol. The van der Waals surface area contributed by atoms with E-state index in [-0.39, 0.29) is 5.78 Å². The summed E-state index contributed by atoms with van der Waals surface area (Å²) >= 11 is 3.26. The van der Waals surface area contributed by atoms with Crippen LogP contribution in [0.15, 0.2) is 46.9 Å². The first kappa shape index (κ1) is 12.5. The molecular formula is C14H7BrFNO. The first-order valence-electron chi connectivity index (χ1n) is 5.12. The summed E-state index contributed by atoms with van der Waals surface area (Å²) < 4.78 is 13.5. The van der Waals surface area contributed by atoms with E-state index < -0.39 is 5.82 Å². The Balaban J connectivity index is 2.49. The van der Waals surface area contributed by atoms with Gasteiger partial charge in [0, 0.05) is 15.6 Å². The van der Waals surface area contributed by atoms with Crippen molar-refractivity contribution >= 4 is 21.7 Å². The maximum atomic E-state index is 12.8. The number of carbonyl (C=O) groups excluding carboxylic acids is 1. The fraction of sp³-hybridized carbons (Fsp3) is 0. The van der Waals surface area contributed by atoms with E-state index in [9.17, 15) is 9.18 Å². The first-order chi connectivity index (χ1) is 8.61. The minimum Gasteiger partial charge on any atom is -0.289 e. The number of halogens is 2. The van der Waals surface area contributed by atoms with Gasteiger partial charge in [-0.15, -0.1) is 0 Å². The van der Waals surface area contributed by atoms with Crippen molar-refractivity contribution in [2.75, 3.05) is 0 Å². The van der Waals surface area contributed by atoms with Crippen molar-refractivity contribution in [2.24, 2.45) is 0 Å². The molecule has 0 amide bonds. The number of rotatable bonds is 2. The zero-order chi connectivity index (χ0) is 13.1. The van der Waals surface area contributed by atoms with Gasteiger partial charge in [-0.25, -0.2) is 4.39 Å². The molecular weight excluding hydrogens is 297 g/mol. The lowest BCUT2D eigenvalue weighted by molar-refractivity contribution is 0.103. The molecule has 0 saturated heterocycles. The zero-order valence-corrected chi connectivity index (χ0v) is 10.7. The Labute approximate surface area is 112 Å². The Kier molecular flexibility index (Phi) is 3.54. The molecule has 0 fully saturated rings. The second kappa shape index (κ2) is 5.11. The number of hydrogen-bond donors (Lipinski definition) is 0. The molecule has 0 N–H and O–H groups in total. The van der Waals surface area contributed by atoms with E-state index in [0.29, 0.717) is 21.2 Å². The van der Waals surface area contributed by atoms with E-state index in [4.69, 9.17) is 5.26 Å². The average molecular weight is 304 g/mol. The number of nitriles is 1. The molecule has 0 radical (unpaired) electrons. The van der Waals surface area contributed by atoms with Crippen LogP contribution in [-0.4, -0.2) is 5.78 Å². The van der Waals surface area contributed by atoms with E-state index in [1.54, 1.807) is 18.2 Å². The Morgan fingerprint density at radius 1 is 1.17 bits per heavy atom. The van der Waals surface area contributed by atoms with Crippen molar-refractivity contribution in [3.05, 3.63) is 69.4 Å². The summed E-state index contributed by atoms with van der Waals surface area (Å²) in [6.45, 7) is 0. The van der Waals surface area contributed by atoms with E-state index in [1.165, 1.54) is 24.3 Å². The maximum Gasteiger partial charge on any atom is 0.194 e. The highest BCUT2D eigenvalue weighted by Gasteiger charge is 2.14. The molecule has 2 rings (SSSR count). The maximum absolute atomic E-state index is 12.8. The van der Waals surface area contributed by atoms with Gasteiger partial charge in [-0.05, 0) is 42.5 Å². The molecule has 18 heavy (non-hydrogen) atoms. The molecule has 2 nitrogen and oxygen atoms in total. The minimum absolute atomic E-state index is 0.298. The highest BCUT2D eigenvalue weighted by molar-refractivity contribution is 9.10. The summed E-state index contributed by atoms with van der Waals surface area (Å²) in [5.74, 6) is -0.700. The Hall–Kier alpha value is -1.99. The lowest BCUT2D eigenvalue weighted by Gasteiger charge is -2.04. The van der Waals surface area contributed by atoms with Crippen LogP contribution in [0.2, 0.25) is 0 Å². The third-order valence-corrected chi connectivity index (χ3v) is 2.95. The van der Waals surface area contributed by atoms with Crippen LogP contribution in [0.3, 0.4) is 0 Å². The van der Waals surface area contributed by atoms with Crippen LogP contribution in [-0.2, 0) is 0 Å². The molecule has 0 atom stereocenters. The van der Waals surface area contributed by atoms with Crippen molar-refractivity contribution in [3.8, 4) is 6.07 Å². The Bertz CT molecular complexity index is 644. The number of nitrogens with zero attached hydrogens (tertiary/aromatic N) is 1. The van der Waals surface area contributed by atoms with E-state index in [1.807, 2.05) is 6.07 Å². The van der Waals surface area contributed by atoms with Gasteiger partial charge >= 0.3 is 0 Å². The summed E-state index contributed by atoms with van der Waals surface area (Å²) in [6.07, 6.45) is 0. The van der Waals surface area contributed by atoms with Crippen LogP contribution < -0.4 is 0 Å². The molecule has 0 aliphatic carbocycles. The largest absolute Gasteiger partial charge is 0.289 e. The smallest absolute Gasteiger partial charge is 0.194 e. The fourth-order valence-electron chi connectivity index (χ4n) is 1.56. The van der Waals surface area contributed by atoms with Crippen molar-refractivity contribution in [1.82, 2.24) is 0 Å². The molecule has 0 bridgehead atoms. The van der Waals surface area contributed by atoms with E-state index >= 15 is 0 Å². The van der Waals surface area contributed by atoms with Crippen molar-refractivity contribution in [2.45, 2.75) is 0 Å². The quantitative estimate of drug-likeness (QED) is 0.794. The second-order valence-corrected chi connectivity index (χ2v) is 4.55. The van der Waals surface area contributed by atoms with Crippen LogP contribution in [0.5, 0.6) is 0 Å². The minimum atomic E-state index is -0.402. The molecule has 0 aromatic heterocycles. The average Bonchev–Trinajstić information content (AvgIpc) is 2.39. The SMILES string of the molecule is N#Cc1ccc(Br)cc1C(=O)c1ccc(F)cc1. The molecule has 0 spiro atoms. The Morgan fingerprint density at radius 3 is 2.44 bits per heavy atom. The molecule has 0 heterocycles. The standard InChI is InChI=1S/C14H7BrFNO/c15-11-4-1-10(8-17)13(7-11)14(18)9-2-5-12(16)6-3-9/h1-7H. The molecule has 2 aromatic rings. The molecule has 2 aromatic carbocycles. The monoisotopic (exact) mass is 303 g/mol. The van der Waals surface area contributed by atoms with Crippen LogP contribution in [0.25, 0.3) is 0 Å². The van der Waals surface area contributed by atoms with Gasteiger partial charge in [0.2, 0.25) is 0 Å². The molecule has 0 aliphatic heterocycles. The normalized spacial score (nSPS) is 9.83. The predicted octanol–water partition coefficient (Wildman–Crippen LogP) is 3.69. The van der Waals surface area contributed by atoms with Crippen molar-refractivity contribution < 1.29 is 9.18 Å². The molecule has 0 aliphatic rings. The van der Waals surface area contributed by atoms with Gasteiger partial charge in [0.15, 0.2) is 5.78 Å². The molecule has 0 saturated carbocycles. The fourth-order valence-corrected chi connectivity index (χ4v) is 1.92. The van der Waals surface area contributed by atoms with Gasteiger partial charge in [-0.1, -0.05) is 15.9 Å². The number of hydrogen-bond acceptors (Lipinski definition) is 2. The van der Waals surface area contributed by atoms with Gasteiger partial charge in [-0.2, -0.15) is 5.26 Å². The van der Waals surface area contributed by atoms with Crippen LogP contribution >= 0.6 is 15.9 Å². The molecule has 0 unspecified atom stereocenters. The van der Waals surface area contributed by atoms with Gasteiger partial charge in [0.1, 0.15) is 5.82 Å². The topological polar surface area (TPSA) is 40.9 Å². The first-order valence-corrected chi connectivity index (χ1v) is 5.91. The van der Waals surface area contributed by atoms with Gasteiger partial charge in [0.05, 0.1) is 11.6 Å². The summed E-state index contributed by atoms with van der Waals surface area (Å²) in [7, 11) is 0. The van der Waals surface area contributed by atoms with Gasteiger partial charge in [0.25, 0.3) is 0 Å². The van der Waals surface area contributed by atoms with Crippen molar-refractivity contribution in [3.63, 3.8) is 0 Å². The summed E-state index contributed by atoms with van der Waals surface area (Å²) in [4.78, 5) is 12.2. The van der Waals surface area contributed by atoms with Crippen LogP contribution in [0, 0.1) is 17.1 Å². The lowest BCUT2D eigenvalue weighted by atomic mass is 9.99. The summed E-state index contributed by atoms with van der Waals surface area (Å²) in [5, 5.41) is 8.97. The number of benzene rings is 2. The Morgan fingerprint density at radius 2 is 1.83 bits per heavy atom. The van der Waals surface area contributed by atoms with Gasteiger partial charge in [-0.3, -0.25) is 4.79 Å². The van der Waals surface area contributed by atoms with E-state index in [2.05, 4.69) is 15.9 Å². The molecule has 88 valence electrons. The lowest BCUT2D eigenvalue weighted by Crippen LogP contribution is -2.04. The zero-order valence-electron chi connectivity index (χ0n) is 9.15. The van der Waals surface area contributed by atoms with E-state index in [0.717, 1.165) is 0 Å². The second-order valence-electron chi connectivity index (χ2n) is 3.64. The third kappa shape index (κ3) is 2.47. The highest BCUT2D eigenvalue weighted by Crippen LogP contribution is 2.19. The number of ketones is 1. The third-order valence-electron chi connectivity index (χ3n) is 2.45. The molecule has 4 heteroatoms. The van der Waals surface area contributed by atoms with Crippen LogP contribution in [0.1, 0.15) is 21.5 Å². The van der Waals surface area contributed by atoms with Gasteiger partial charge < -0.3 is 0 Å². The summed E-state index contributed by atoms with van der Waals surface area (Å²) in [6, 6.07) is 12.1. The summed E-state index contributed by atoms with van der Waals surface area (Å²) in [5.41, 5.74) is 0.956. The number of carbonyl (C=O) groups is 1. The highest BCUT2D eigenvalue weighted by atomic mass is 79.9. The van der Waals surface area contributed by atoms with Crippen LogP contribution in [0.4, 0.5) is 4.39 Å². The van der Waals surface area contributed by atoms with Crippen molar-refractivity contribution in [1.29, 1.82) is 5.26 Å².